The van der Waals surface area contributed by atoms with E-state index in [-0.39, 0.29) is 6.42 Å². The Labute approximate surface area is 177 Å². The van der Waals surface area contributed by atoms with Crippen LogP contribution in [0.4, 0.5) is 26.3 Å². The minimum absolute atomic E-state index is 0.114. The Morgan fingerprint density at radius 1 is 0.903 bits per heavy atom. The Morgan fingerprint density at radius 3 is 1.90 bits per heavy atom. The summed E-state index contributed by atoms with van der Waals surface area (Å²) in [6.07, 6.45) is -2.49. The van der Waals surface area contributed by atoms with E-state index in [9.17, 15) is 39.3 Å². The first-order valence-electron chi connectivity index (χ1n) is 9.44. The summed E-state index contributed by atoms with van der Waals surface area (Å²) in [6.45, 7) is -1.38. The second-order valence-corrected chi connectivity index (χ2v) is 9.81. The van der Waals surface area contributed by atoms with E-state index < -0.39 is 65.7 Å². The Bertz CT molecular complexity index is 689. The summed E-state index contributed by atoms with van der Waals surface area (Å²) < 4.78 is 125. The summed E-state index contributed by atoms with van der Waals surface area (Å²) in [4.78, 5) is 16.7. The largest absolute Gasteiger partial charge is 0.469 e. The molecule has 0 aromatic carbocycles. The lowest BCUT2D eigenvalue weighted by molar-refractivity contribution is -0.415. The Morgan fingerprint density at radius 2 is 1.42 bits per heavy atom. The van der Waals surface area contributed by atoms with Gasteiger partial charge in [0.15, 0.2) is 0 Å². The van der Waals surface area contributed by atoms with E-state index in [1.54, 1.807) is 0 Å². The van der Waals surface area contributed by atoms with Crippen molar-refractivity contribution in [1.82, 2.24) is 4.31 Å². The molecule has 0 heterocycles. The number of alkyl halides is 6. The zero-order valence-corrected chi connectivity index (χ0v) is 18.8. The molecule has 0 radical (unpaired) electrons. The molecule has 0 aliphatic rings. The van der Waals surface area contributed by atoms with Crippen molar-refractivity contribution in [1.29, 1.82) is 0 Å². The molecule has 16 heteroatoms. The van der Waals surface area contributed by atoms with Crippen LogP contribution in [-0.2, 0) is 23.8 Å². The normalized spacial score (nSPS) is 14.4. The van der Waals surface area contributed by atoms with Gasteiger partial charge < -0.3 is 14.5 Å². The lowest BCUT2D eigenvalue weighted by atomic mass is 10.1. The minimum atomic E-state index is -6.30. The zero-order valence-electron chi connectivity index (χ0n) is 17.1. The van der Waals surface area contributed by atoms with Gasteiger partial charge in [0.25, 0.3) is 0 Å². The van der Waals surface area contributed by atoms with Crippen molar-refractivity contribution in [3.63, 3.8) is 0 Å². The molecule has 0 spiro atoms. The average Bonchev–Trinajstić information content (AvgIpc) is 2.60. The number of sulfonamides is 1. The third kappa shape index (κ3) is 9.14. The van der Waals surface area contributed by atoms with Crippen molar-refractivity contribution in [2.45, 2.75) is 70.4 Å². The average molecular weight is 511 g/mol. The fraction of sp³-hybridized carbons (Fsp3) is 1.00. The van der Waals surface area contributed by atoms with Gasteiger partial charge in [-0.05, 0) is 6.42 Å². The molecule has 0 aliphatic carbocycles. The molecule has 0 fully saturated rings. The van der Waals surface area contributed by atoms with E-state index in [4.69, 9.17) is 9.79 Å². The van der Waals surface area contributed by atoms with Crippen LogP contribution in [0.15, 0.2) is 0 Å². The molecule has 2 N–H and O–H groups in total. The highest BCUT2D eigenvalue weighted by molar-refractivity contribution is 7.89. The van der Waals surface area contributed by atoms with Gasteiger partial charge in [0.05, 0.1) is 19.0 Å². The standard InChI is InChI=1S/C15H28F6NO7PS/c1-3-5-6-7-8-9-12-31(26,27)22(4-2)14(18,19)13(16,17)15(20,21)28-10-11-29-30(23,24)25/h3-12H2,1-2H3,(H2,23,24,25). The molecule has 31 heavy (non-hydrogen) atoms. The van der Waals surface area contributed by atoms with E-state index in [0.29, 0.717) is 12.8 Å². The first kappa shape index (κ1) is 30.6. The molecule has 0 saturated carbocycles. The topological polar surface area (TPSA) is 113 Å². The van der Waals surface area contributed by atoms with Crippen LogP contribution < -0.4 is 0 Å². The second kappa shape index (κ2) is 12.1. The first-order valence-corrected chi connectivity index (χ1v) is 12.6. The van der Waals surface area contributed by atoms with E-state index in [1.807, 2.05) is 6.92 Å². The number of phosphoric ester groups is 1. The van der Waals surface area contributed by atoms with Crippen LogP contribution >= 0.6 is 7.82 Å². The number of hydrogen-bond donors (Lipinski definition) is 2. The first-order chi connectivity index (χ1) is 14.0. The Hall–Kier alpha value is -0.440. The highest BCUT2D eigenvalue weighted by Crippen LogP contribution is 2.49. The molecule has 0 rings (SSSR count). The fourth-order valence-corrected chi connectivity index (χ4v) is 4.45. The van der Waals surface area contributed by atoms with Gasteiger partial charge in [0.1, 0.15) is 0 Å². The smallest absolute Gasteiger partial charge is 0.313 e. The number of halogens is 6. The Kier molecular flexibility index (Phi) is 12.0. The predicted molar refractivity (Wildman–Crippen MR) is 98.3 cm³/mol. The van der Waals surface area contributed by atoms with Crippen LogP contribution in [0.25, 0.3) is 0 Å². The van der Waals surface area contributed by atoms with Gasteiger partial charge in [0, 0.05) is 6.54 Å². The van der Waals surface area contributed by atoms with Crippen LogP contribution in [-0.4, -0.2) is 66.1 Å². The molecule has 0 bridgehead atoms. The van der Waals surface area contributed by atoms with Crippen molar-refractivity contribution >= 4 is 17.8 Å². The number of hydrogen-bond acceptors (Lipinski definition) is 5. The number of nitrogens with zero attached hydrogens (tertiary/aromatic N) is 1. The second-order valence-electron chi connectivity index (χ2n) is 6.55. The summed E-state index contributed by atoms with van der Waals surface area (Å²) in [5, 5.41) is 0. The van der Waals surface area contributed by atoms with Crippen LogP contribution in [0.5, 0.6) is 0 Å². The van der Waals surface area contributed by atoms with Crippen molar-refractivity contribution in [2.24, 2.45) is 0 Å². The lowest BCUT2D eigenvalue weighted by Gasteiger charge is -2.37. The van der Waals surface area contributed by atoms with Crippen LogP contribution in [0, 0.1) is 0 Å². The van der Waals surface area contributed by atoms with Gasteiger partial charge in [-0.1, -0.05) is 46.0 Å². The van der Waals surface area contributed by atoms with Crippen LogP contribution in [0.3, 0.4) is 0 Å². The van der Waals surface area contributed by atoms with E-state index in [0.717, 1.165) is 26.2 Å². The van der Waals surface area contributed by atoms with Crippen LogP contribution in [0.2, 0.25) is 0 Å². The highest BCUT2D eigenvalue weighted by atomic mass is 32.2. The van der Waals surface area contributed by atoms with Crippen molar-refractivity contribution in [2.75, 3.05) is 25.5 Å². The summed E-state index contributed by atoms with van der Waals surface area (Å²) in [7, 11) is -10.2. The number of phosphoric acid groups is 1. The zero-order chi connectivity index (χ0) is 24.6. The van der Waals surface area contributed by atoms with Crippen molar-refractivity contribution in [3.8, 4) is 0 Å². The molecule has 0 aromatic heterocycles. The molecule has 0 saturated heterocycles. The van der Waals surface area contributed by atoms with Gasteiger partial charge in [-0.25, -0.2) is 13.0 Å². The van der Waals surface area contributed by atoms with Crippen LogP contribution in [0.1, 0.15) is 52.4 Å². The van der Waals surface area contributed by atoms with Crippen molar-refractivity contribution in [3.05, 3.63) is 0 Å². The summed E-state index contributed by atoms with van der Waals surface area (Å²) >= 11 is 0. The van der Waals surface area contributed by atoms with Gasteiger partial charge in [-0.2, -0.15) is 26.3 Å². The molecule has 8 nitrogen and oxygen atoms in total. The number of ether oxygens (including phenoxy) is 1. The van der Waals surface area contributed by atoms with Gasteiger partial charge in [-0.3, -0.25) is 4.52 Å². The summed E-state index contributed by atoms with van der Waals surface area (Å²) in [5.41, 5.74) is 0. The lowest BCUT2D eigenvalue weighted by Crippen LogP contribution is -2.64. The molecule has 0 aromatic rings. The van der Waals surface area contributed by atoms with Crippen molar-refractivity contribution < 1.29 is 58.4 Å². The highest BCUT2D eigenvalue weighted by Gasteiger charge is 2.76. The van der Waals surface area contributed by atoms with Gasteiger partial charge >= 0.3 is 25.9 Å². The fourth-order valence-electron chi connectivity index (χ4n) is 2.49. The molecule has 0 amide bonds. The molecule has 188 valence electrons. The molecular formula is C15H28F6NO7PS. The third-order valence-corrected chi connectivity index (χ3v) is 6.54. The minimum Gasteiger partial charge on any atom is -0.313 e. The molecular weight excluding hydrogens is 483 g/mol. The van der Waals surface area contributed by atoms with Gasteiger partial charge in [-0.15, -0.1) is 4.31 Å². The quantitative estimate of drug-likeness (QED) is 0.132. The van der Waals surface area contributed by atoms with Gasteiger partial charge in [0.2, 0.25) is 10.0 Å². The number of unbranched alkanes of at least 4 members (excludes halogenated alkanes) is 5. The third-order valence-electron chi connectivity index (χ3n) is 4.06. The Balaban J connectivity index is 5.28. The van der Waals surface area contributed by atoms with E-state index in [2.05, 4.69) is 9.26 Å². The maximum atomic E-state index is 14.3. The molecule has 0 aliphatic heterocycles. The number of rotatable bonds is 17. The predicted octanol–water partition coefficient (Wildman–Crippen LogP) is 3.95. The summed E-state index contributed by atoms with van der Waals surface area (Å²) in [6, 6.07) is -5.85. The monoisotopic (exact) mass is 511 g/mol. The maximum absolute atomic E-state index is 14.3. The molecule has 0 atom stereocenters. The van der Waals surface area contributed by atoms with E-state index in [1.165, 1.54) is 0 Å². The van der Waals surface area contributed by atoms with E-state index >= 15 is 0 Å². The molecule has 0 unspecified atom stereocenters. The maximum Gasteiger partial charge on any atom is 0.469 e. The summed E-state index contributed by atoms with van der Waals surface area (Å²) in [5.74, 6) is -7.23. The SMILES string of the molecule is CCCCCCCCS(=O)(=O)N(CC)C(F)(F)C(F)(F)C(F)(F)OCCOP(=O)(O)O.